The van der Waals surface area contributed by atoms with Crippen LogP contribution in [0.25, 0.3) is 11.0 Å². The van der Waals surface area contributed by atoms with Crippen molar-refractivity contribution in [3.8, 4) is 0 Å². The van der Waals surface area contributed by atoms with Gasteiger partial charge in [0.1, 0.15) is 0 Å². The predicted molar refractivity (Wildman–Crippen MR) is 57.5 cm³/mol. The van der Waals surface area contributed by atoms with E-state index in [0.717, 1.165) is 5.52 Å². The first-order valence-electron chi connectivity index (χ1n) is 5.22. The van der Waals surface area contributed by atoms with Crippen LogP contribution in [0, 0.1) is 6.92 Å². The first kappa shape index (κ1) is 8.04. The molecule has 0 radical (unpaired) electrons. The Hall–Kier alpha value is -1.31. The van der Waals surface area contributed by atoms with Gasteiger partial charge in [0, 0.05) is 6.04 Å². The molecule has 0 saturated heterocycles. The predicted octanol–water partition coefficient (Wildman–Crippen LogP) is 2.85. The van der Waals surface area contributed by atoms with E-state index < -0.39 is 0 Å². The van der Waals surface area contributed by atoms with Gasteiger partial charge in [0.05, 0.1) is 17.4 Å². The van der Waals surface area contributed by atoms with Crippen molar-refractivity contribution >= 4 is 11.0 Å². The maximum atomic E-state index is 4.46. The second kappa shape index (κ2) is 2.59. The van der Waals surface area contributed by atoms with Gasteiger partial charge < -0.3 is 4.57 Å². The van der Waals surface area contributed by atoms with E-state index in [4.69, 9.17) is 0 Å². The van der Waals surface area contributed by atoms with Crippen LogP contribution in [0.5, 0.6) is 0 Å². The average molecular weight is 186 g/mol. The Morgan fingerprint density at radius 2 is 2.29 bits per heavy atom. The van der Waals surface area contributed by atoms with Gasteiger partial charge in [0.15, 0.2) is 0 Å². The Morgan fingerprint density at radius 3 is 3.14 bits per heavy atom. The molecule has 1 aromatic heterocycles. The number of hydrogen-bond acceptors (Lipinski definition) is 1. The molecule has 1 atom stereocenters. The first-order valence-corrected chi connectivity index (χ1v) is 5.22. The largest absolute Gasteiger partial charge is 0.328 e. The van der Waals surface area contributed by atoms with Crippen LogP contribution >= 0.6 is 0 Å². The normalized spacial score (nSPS) is 20.3. The monoisotopic (exact) mass is 186 g/mol. The Morgan fingerprint density at radius 1 is 1.43 bits per heavy atom. The Labute approximate surface area is 83.6 Å². The lowest BCUT2D eigenvalue weighted by Gasteiger charge is -2.21. The number of imidazole rings is 1. The van der Waals surface area contributed by atoms with Gasteiger partial charge in [-0.3, -0.25) is 0 Å². The van der Waals surface area contributed by atoms with Gasteiger partial charge in [-0.2, -0.15) is 0 Å². The fourth-order valence-corrected chi connectivity index (χ4v) is 2.44. The summed E-state index contributed by atoms with van der Waals surface area (Å²) in [4.78, 5) is 4.46. The van der Waals surface area contributed by atoms with Gasteiger partial charge in [-0.1, -0.05) is 6.07 Å². The van der Waals surface area contributed by atoms with Crippen molar-refractivity contribution in [2.75, 3.05) is 0 Å². The van der Waals surface area contributed by atoms with Crippen molar-refractivity contribution < 1.29 is 0 Å². The molecule has 72 valence electrons. The van der Waals surface area contributed by atoms with Gasteiger partial charge in [-0.15, -0.1) is 0 Å². The van der Waals surface area contributed by atoms with Gasteiger partial charge >= 0.3 is 0 Å². The second-order valence-corrected chi connectivity index (χ2v) is 4.33. The highest BCUT2D eigenvalue weighted by Gasteiger charge is 2.18. The van der Waals surface area contributed by atoms with E-state index in [1.54, 1.807) is 0 Å². The molecule has 14 heavy (non-hydrogen) atoms. The summed E-state index contributed by atoms with van der Waals surface area (Å²) in [6.07, 6.45) is 4.42. The maximum absolute atomic E-state index is 4.46. The zero-order valence-electron chi connectivity index (χ0n) is 8.62. The van der Waals surface area contributed by atoms with Crippen LogP contribution in [-0.2, 0) is 6.42 Å². The van der Waals surface area contributed by atoms with Crippen LogP contribution in [-0.4, -0.2) is 9.55 Å². The summed E-state index contributed by atoms with van der Waals surface area (Å²) in [6.45, 7) is 4.41. The van der Waals surface area contributed by atoms with Gasteiger partial charge in [0.25, 0.3) is 0 Å². The highest BCUT2D eigenvalue weighted by molar-refractivity contribution is 5.80. The number of aromatic nitrogens is 2. The maximum Gasteiger partial charge on any atom is 0.0960 e. The molecule has 0 fully saturated rings. The van der Waals surface area contributed by atoms with Crippen molar-refractivity contribution in [2.24, 2.45) is 0 Å². The number of benzene rings is 1. The van der Waals surface area contributed by atoms with Crippen molar-refractivity contribution in [2.45, 2.75) is 32.7 Å². The minimum Gasteiger partial charge on any atom is -0.328 e. The fraction of sp³-hybridized carbons (Fsp3) is 0.417. The summed E-state index contributed by atoms with van der Waals surface area (Å²) in [6, 6.07) is 5.08. The van der Waals surface area contributed by atoms with Crippen molar-refractivity contribution in [3.05, 3.63) is 29.6 Å². The number of aryl methyl sites for hydroxylation is 2. The van der Waals surface area contributed by atoms with Crippen LogP contribution in [0.1, 0.15) is 30.5 Å². The van der Waals surface area contributed by atoms with E-state index in [9.17, 15) is 0 Å². The Balaban J connectivity index is 2.43. The minimum absolute atomic E-state index is 0.607. The Kier molecular flexibility index (Phi) is 1.49. The third-order valence-electron chi connectivity index (χ3n) is 3.20. The van der Waals surface area contributed by atoms with E-state index in [2.05, 4.69) is 35.5 Å². The molecule has 0 amide bonds. The average Bonchev–Trinajstić information content (AvgIpc) is 2.56. The van der Waals surface area contributed by atoms with Gasteiger partial charge in [-0.25, -0.2) is 4.98 Å². The molecule has 0 spiro atoms. The lowest BCUT2D eigenvalue weighted by atomic mass is 9.98. The molecule has 0 bridgehead atoms. The highest BCUT2D eigenvalue weighted by atomic mass is 15.1. The molecule has 3 rings (SSSR count). The molecule has 0 N–H and O–H groups in total. The third kappa shape index (κ3) is 0.939. The zero-order chi connectivity index (χ0) is 9.71. The molecule has 2 heterocycles. The summed E-state index contributed by atoms with van der Waals surface area (Å²) >= 11 is 0. The third-order valence-corrected chi connectivity index (χ3v) is 3.20. The SMILES string of the molecule is Cc1cc2c3c(c1)ncn3[C@@H](C)CC2. The summed E-state index contributed by atoms with van der Waals surface area (Å²) in [5.41, 5.74) is 5.31. The molecule has 1 aromatic carbocycles. The Bertz CT molecular complexity index is 496. The number of hydrogen-bond donors (Lipinski definition) is 0. The van der Waals surface area contributed by atoms with Crippen molar-refractivity contribution in [3.63, 3.8) is 0 Å². The van der Waals surface area contributed by atoms with E-state index in [1.165, 1.54) is 29.5 Å². The molecule has 0 saturated carbocycles. The molecule has 2 aromatic rings. The van der Waals surface area contributed by atoms with Crippen LogP contribution < -0.4 is 0 Å². The van der Waals surface area contributed by atoms with Gasteiger partial charge in [0.2, 0.25) is 0 Å². The van der Waals surface area contributed by atoms with E-state index in [0.29, 0.717) is 6.04 Å². The highest BCUT2D eigenvalue weighted by Crippen LogP contribution is 2.30. The summed E-state index contributed by atoms with van der Waals surface area (Å²) in [5.74, 6) is 0. The lowest BCUT2D eigenvalue weighted by Crippen LogP contribution is -2.11. The molecule has 2 nitrogen and oxygen atoms in total. The van der Waals surface area contributed by atoms with E-state index in [-0.39, 0.29) is 0 Å². The smallest absolute Gasteiger partial charge is 0.0960 e. The van der Waals surface area contributed by atoms with Crippen molar-refractivity contribution in [1.29, 1.82) is 0 Å². The topological polar surface area (TPSA) is 17.8 Å². The molecule has 2 heteroatoms. The summed E-state index contributed by atoms with van der Waals surface area (Å²) in [5, 5.41) is 0. The molecular formula is C12H14N2. The number of nitrogens with zero attached hydrogens (tertiary/aromatic N) is 2. The molecule has 0 unspecified atom stereocenters. The quantitative estimate of drug-likeness (QED) is 0.618. The van der Waals surface area contributed by atoms with Crippen molar-refractivity contribution in [1.82, 2.24) is 9.55 Å². The first-order chi connectivity index (χ1) is 6.75. The molecule has 1 aliphatic rings. The van der Waals surface area contributed by atoms with Gasteiger partial charge in [-0.05, 0) is 43.9 Å². The van der Waals surface area contributed by atoms with E-state index >= 15 is 0 Å². The van der Waals surface area contributed by atoms with E-state index in [1.807, 2.05) is 6.33 Å². The second-order valence-electron chi connectivity index (χ2n) is 4.33. The van der Waals surface area contributed by atoms with Crippen LogP contribution in [0.4, 0.5) is 0 Å². The fourth-order valence-electron chi connectivity index (χ4n) is 2.44. The minimum atomic E-state index is 0.607. The standard InChI is InChI=1S/C12H14N2/c1-8-5-10-4-3-9(2)14-7-13-11(6-8)12(10)14/h5-7,9H,3-4H2,1-2H3/t9-/m0/s1. The lowest BCUT2D eigenvalue weighted by molar-refractivity contribution is 0.501. The molecular weight excluding hydrogens is 172 g/mol. The number of rotatable bonds is 0. The molecule has 1 aliphatic heterocycles. The van der Waals surface area contributed by atoms with Crippen LogP contribution in [0.2, 0.25) is 0 Å². The summed E-state index contributed by atoms with van der Waals surface area (Å²) in [7, 11) is 0. The van der Waals surface area contributed by atoms with Crippen LogP contribution in [0.3, 0.4) is 0 Å². The molecule has 0 aliphatic carbocycles. The summed E-state index contributed by atoms with van der Waals surface area (Å²) < 4.78 is 2.31. The van der Waals surface area contributed by atoms with Crippen LogP contribution in [0.15, 0.2) is 18.5 Å². The zero-order valence-corrected chi connectivity index (χ0v) is 8.62.